The van der Waals surface area contributed by atoms with Gasteiger partial charge in [0.25, 0.3) is 15.6 Å². The molecule has 0 aliphatic heterocycles. The lowest BCUT2D eigenvalue weighted by Crippen LogP contribution is -2.34. The molecule has 0 radical (unpaired) electrons. The zero-order chi connectivity index (χ0) is 23.0. The van der Waals surface area contributed by atoms with Gasteiger partial charge in [-0.25, -0.2) is 26.7 Å². The van der Waals surface area contributed by atoms with Crippen LogP contribution in [0.3, 0.4) is 0 Å². The second-order valence-corrected chi connectivity index (χ2v) is 10.1. The van der Waals surface area contributed by atoms with Gasteiger partial charge in [-0.2, -0.15) is 0 Å². The fraction of sp³-hybridized carbons (Fsp3) is 0. The van der Waals surface area contributed by atoms with Crippen LogP contribution in [-0.4, -0.2) is 19.0 Å². The first-order valence-electron chi connectivity index (χ1n) is 8.84. The number of pyridine rings is 1. The Hall–Kier alpha value is -3.28. The molecule has 2 amide bonds. The van der Waals surface area contributed by atoms with Gasteiger partial charge in [0.2, 0.25) is 0 Å². The van der Waals surface area contributed by atoms with Gasteiger partial charge in [-0.3, -0.25) is 9.36 Å². The molecule has 0 fully saturated rings. The summed E-state index contributed by atoms with van der Waals surface area (Å²) in [5.41, 5.74) is -0.809. The van der Waals surface area contributed by atoms with E-state index in [0.717, 1.165) is 28.0 Å². The van der Waals surface area contributed by atoms with Crippen molar-refractivity contribution in [3.63, 3.8) is 0 Å². The highest BCUT2D eigenvalue weighted by atomic mass is 35.5. The van der Waals surface area contributed by atoms with E-state index in [1.165, 1.54) is 48.7 Å². The first-order valence-corrected chi connectivity index (χ1v) is 11.5. The molecule has 0 saturated heterocycles. The maximum absolute atomic E-state index is 14.7. The number of thiophene rings is 1. The Kier molecular flexibility index (Phi) is 5.71. The van der Waals surface area contributed by atoms with Gasteiger partial charge in [-0.15, -0.1) is 11.3 Å². The zero-order valence-corrected chi connectivity index (χ0v) is 18.2. The number of fused-ring (bicyclic) bond motifs is 1. The topological polar surface area (TPSA) is 97.3 Å². The monoisotopic (exact) mass is 495 g/mol. The largest absolute Gasteiger partial charge is 0.333 e. The highest BCUT2D eigenvalue weighted by molar-refractivity contribution is 7.92. The fourth-order valence-electron chi connectivity index (χ4n) is 2.95. The molecule has 2 N–H and O–H groups in total. The molecule has 4 rings (SSSR count). The standard InChI is InChI=1S/C20H12ClF2N3O4S2/c21-17-5-6-18(31-17)32(29,30)25-20(28)24-13-3-4-16(15(23)10-13)26-8-7-11-1-2-12(22)9-14(11)19(26)27/h1-10H,(H2,24,25,28). The van der Waals surface area contributed by atoms with Gasteiger partial charge in [-0.1, -0.05) is 17.7 Å². The van der Waals surface area contributed by atoms with Crippen molar-refractivity contribution in [1.29, 1.82) is 0 Å². The van der Waals surface area contributed by atoms with E-state index in [0.29, 0.717) is 5.39 Å². The average molecular weight is 496 g/mol. The van der Waals surface area contributed by atoms with Gasteiger partial charge < -0.3 is 5.32 Å². The Bertz CT molecular complexity index is 1530. The van der Waals surface area contributed by atoms with Crippen molar-refractivity contribution in [3.8, 4) is 5.69 Å². The van der Waals surface area contributed by atoms with Crippen molar-refractivity contribution in [2.24, 2.45) is 0 Å². The third-order valence-electron chi connectivity index (χ3n) is 4.37. The molecule has 32 heavy (non-hydrogen) atoms. The van der Waals surface area contributed by atoms with Crippen molar-refractivity contribution >= 4 is 55.5 Å². The number of aromatic nitrogens is 1. The number of benzene rings is 2. The summed E-state index contributed by atoms with van der Waals surface area (Å²) in [5.74, 6) is -1.47. The molecular formula is C20H12ClF2N3O4S2. The van der Waals surface area contributed by atoms with E-state index >= 15 is 0 Å². The maximum atomic E-state index is 14.7. The van der Waals surface area contributed by atoms with Crippen molar-refractivity contribution in [1.82, 2.24) is 9.29 Å². The van der Waals surface area contributed by atoms with Crippen LogP contribution in [0.2, 0.25) is 4.34 Å². The summed E-state index contributed by atoms with van der Waals surface area (Å²) in [4.78, 5) is 24.7. The first-order chi connectivity index (χ1) is 15.1. The number of nitrogens with zero attached hydrogens (tertiary/aromatic N) is 1. The van der Waals surface area contributed by atoms with Gasteiger partial charge in [0, 0.05) is 11.9 Å². The van der Waals surface area contributed by atoms with Crippen LogP contribution in [0.25, 0.3) is 16.5 Å². The predicted molar refractivity (Wildman–Crippen MR) is 118 cm³/mol. The molecule has 0 spiro atoms. The third kappa shape index (κ3) is 4.35. The Labute approximate surface area is 188 Å². The molecule has 4 aromatic rings. The smallest absolute Gasteiger partial charge is 0.307 e. The van der Waals surface area contributed by atoms with Gasteiger partial charge in [-0.05, 0) is 53.9 Å². The normalized spacial score (nSPS) is 11.5. The quantitative estimate of drug-likeness (QED) is 0.436. The highest BCUT2D eigenvalue weighted by Crippen LogP contribution is 2.25. The average Bonchev–Trinajstić information content (AvgIpc) is 3.16. The van der Waals surface area contributed by atoms with Crippen molar-refractivity contribution < 1.29 is 22.0 Å². The first kappa shape index (κ1) is 21.9. The van der Waals surface area contributed by atoms with Crippen LogP contribution in [0.5, 0.6) is 0 Å². The van der Waals surface area contributed by atoms with E-state index in [1.54, 1.807) is 4.72 Å². The molecule has 0 atom stereocenters. The number of hydrogen-bond acceptors (Lipinski definition) is 5. The number of halogens is 3. The van der Waals surface area contributed by atoms with Crippen molar-refractivity contribution in [3.05, 3.63) is 87.1 Å². The summed E-state index contributed by atoms with van der Waals surface area (Å²) >= 11 is 6.47. The van der Waals surface area contributed by atoms with Crippen LogP contribution in [0.15, 0.2) is 69.8 Å². The van der Waals surface area contributed by atoms with Crippen LogP contribution < -0.4 is 15.6 Å². The Morgan fingerprint density at radius 3 is 2.50 bits per heavy atom. The summed E-state index contributed by atoms with van der Waals surface area (Å²) in [5, 5.41) is 2.78. The maximum Gasteiger partial charge on any atom is 0.333 e. The van der Waals surface area contributed by atoms with Crippen LogP contribution in [-0.2, 0) is 10.0 Å². The molecule has 7 nitrogen and oxygen atoms in total. The lowest BCUT2D eigenvalue weighted by molar-refractivity contribution is 0.256. The number of anilines is 1. The molecular weight excluding hydrogens is 484 g/mol. The number of carbonyl (C=O) groups excluding carboxylic acids is 1. The van der Waals surface area contributed by atoms with Crippen LogP contribution in [0.4, 0.5) is 19.3 Å². The predicted octanol–water partition coefficient (Wildman–Crippen LogP) is 4.49. The van der Waals surface area contributed by atoms with Crippen LogP contribution >= 0.6 is 22.9 Å². The number of urea groups is 1. The lowest BCUT2D eigenvalue weighted by atomic mass is 10.1. The number of nitrogens with one attached hydrogen (secondary N) is 2. The summed E-state index contributed by atoms with van der Waals surface area (Å²) < 4.78 is 55.4. The summed E-state index contributed by atoms with van der Waals surface area (Å²) in [6, 6.07) is 10.2. The van der Waals surface area contributed by atoms with Crippen LogP contribution in [0.1, 0.15) is 0 Å². The molecule has 2 heterocycles. The van der Waals surface area contributed by atoms with Gasteiger partial charge in [0.05, 0.1) is 15.4 Å². The Balaban J connectivity index is 1.58. The summed E-state index contributed by atoms with van der Waals surface area (Å²) in [7, 11) is -4.15. The molecule has 0 aliphatic carbocycles. The van der Waals surface area contributed by atoms with Gasteiger partial charge in [0.1, 0.15) is 15.8 Å². The zero-order valence-electron chi connectivity index (χ0n) is 15.8. The van der Waals surface area contributed by atoms with E-state index < -0.39 is 33.2 Å². The fourth-order valence-corrected chi connectivity index (χ4v) is 5.34. The van der Waals surface area contributed by atoms with E-state index in [4.69, 9.17) is 11.6 Å². The number of carbonyl (C=O) groups is 1. The molecule has 2 aromatic heterocycles. The van der Waals surface area contributed by atoms with Crippen molar-refractivity contribution in [2.45, 2.75) is 4.21 Å². The molecule has 2 aromatic carbocycles. The van der Waals surface area contributed by atoms with Crippen molar-refractivity contribution in [2.75, 3.05) is 5.32 Å². The third-order valence-corrected chi connectivity index (χ3v) is 7.43. The van der Waals surface area contributed by atoms with Gasteiger partial charge in [0.15, 0.2) is 0 Å². The molecule has 0 bridgehead atoms. The number of sulfonamides is 1. The molecule has 0 aliphatic rings. The minimum Gasteiger partial charge on any atom is -0.307 e. The molecule has 0 saturated carbocycles. The Morgan fingerprint density at radius 1 is 1.03 bits per heavy atom. The number of amides is 2. The second-order valence-electron chi connectivity index (χ2n) is 6.51. The summed E-state index contributed by atoms with van der Waals surface area (Å²) in [6.07, 6.45) is 1.35. The minimum atomic E-state index is -4.15. The Morgan fingerprint density at radius 2 is 1.81 bits per heavy atom. The number of rotatable bonds is 4. The lowest BCUT2D eigenvalue weighted by Gasteiger charge is -2.11. The van der Waals surface area contributed by atoms with Gasteiger partial charge >= 0.3 is 6.03 Å². The SMILES string of the molecule is O=C(Nc1ccc(-n2ccc3ccc(F)cc3c2=O)c(F)c1)NS(=O)(=O)c1ccc(Cl)s1. The number of hydrogen-bond donors (Lipinski definition) is 2. The van der Waals surface area contributed by atoms with E-state index in [2.05, 4.69) is 5.32 Å². The van der Waals surface area contributed by atoms with E-state index in [9.17, 15) is 26.8 Å². The summed E-state index contributed by atoms with van der Waals surface area (Å²) in [6.45, 7) is 0. The molecule has 164 valence electrons. The molecule has 0 unspecified atom stereocenters. The van der Waals surface area contributed by atoms with E-state index in [1.807, 2.05) is 0 Å². The van der Waals surface area contributed by atoms with E-state index in [-0.39, 0.29) is 25.3 Å². The minimum absolute atomic E-state index is 0.0527. The molecule has 12 heteroatoms. The second kappa shape index (κ2) is 8.34. The highest BCUT2D eigenvalue weighted by Gasteiger charge is 2.20. The van der Waals surface area contributed by atoms with Crippen LogP contribution in [0, 0.1) is 11.6 Å².